The lowest BCUT2D eigenvalue weighted by Crippen LogP contribution is -2.04. The number of para-hydroxylation sites is 1. The van der Waals surface area contributed by atoms with Crippen molar-refractivity contribution in [1.82, 2.24) is 4.98 Å². The number of benzene rings is 1. The van der Waals surface area contributed by atoms with Crippen LogP contribution in [0.3, 0.4) is 0 Å². The molecule has 0 saturated heterocycles. The smallest absolute Gasteiger partial charge is 0.266 e. The number of aromatic nitrogens is 1. The van der Waals surface area contributed by atoms with Crippen LogP contribution in [0.2, 0.25) is 0 Å². The first-order valence-corrected chi connectivity index (χ1v) is 6.34. The average molecular weight is 245 g/mol. The lowest BCUT2D eigenvalue weighted by Gasteiger charge is -2.03. The Morgan fingerprint density at radius 1 is 1.35 bits per heavy atom. The second-order valence-corrected chi connectivity index (χ2v) is 4.62. The van der Waals surface area contributed by atoms with Crippen molar-refractivity contribution in [1.29, 1.82) is 0 Å². The van der Waals surface area contributed by atoms with Crippen molar-refractivity contribution in [3.05, 3.63) is 40.0 Å². The molecule has 0 atom stereocenters. The van der Waals surface area contributed by atoms with Gasteiger partial charge in [0.1, 0.15) is 10.4 Å². The Bertz CT molecular complexity index is 742. The zero-order chi connectivity index (χ0) is 11.8. The molecule has 1 N–H and O–H groups in total. The molecule has 0 aliphatic heterocycles. The molecule has 3 aromatic rings. The van der Waals surface area contributed by atoms with E-state index in [1.165, 1.54) is 11.3 Å². The molecule has 17 heavy (non-hydrogen) atoms. The number of rotatable bonds is 2. The molecule has 0 saturated carbocycles. The van der Waals surface area contributed by atoms with Gasteiger partial charge >= 0.3 is 0 Å². The molecule has 2 heterocycles. The molecule has 0 bridgehead atoms. The van der Waals surface area contributed by atoms with Gasteiger partial charge in [-0.15, -0.1) is 11.3 Å². The maximum absolute atomic E-state index is 11.9. The highest BCUT2D eigenvalue weighted by Crippen LogP contribution is 2.34. The molecule has 2 aromatic heterocycles. The minimum Gasteiger partial charge on any atom is -0.492 e. The van der Waals surface area contributed by atoms with Crippen LogP contribution in [0.4, 0.5) is 0 Å². The Labute approximate surface area is 102 Å². The van der Waals surface area contributed by atoms with E-state index in [-0.39, 0.29) is 5.56 Å². The molecule has 0 aliphatic rings. The van der Waals surface area contributed by atoms with E-state index in [0.717, 1.165) is 26.7 Å². The van der Waals surface area contributed by atoms with Gasteiger partial charge in [-0.2, -0.15) is 0 Å². The van der Waals surface area contributed by atoms with Gasteiger partial charge in [-0.1, -0.05) is 18.2 Å². The molecule has 0 unspecified atom stereocenters. The van der Waals surface area contributed by atoms with E-state index in [2.05, 4.69) is 4.98 Å². The summed E-state index contributed by atoms with van der Waals surface area (Å²) in [7, 11) is 0. The topological polar surface area (TPSA) is 42.1 Å². The molecule has 3 nitrogen and oxygen atoms in total. The Morgan fingerprint density at radius 2 is 2.18 bits per heavy atom. The summed E-state index contributed by atoms with van der Waals surface area (Å²) in [5.74, 6) is 0.801. The first-order valence-electron chi connectivity index (χ1n) is 5.46. The second kappa shape index (κ2) is 3.89. The number of H-pyrrole nitrogens is 1. The van der Waals surface area contributed by atoms with Crippen molar-refractivity contribution in [2.75, 3.05) is 6.61 Å². The average Bonchev–Trinajstić information content (AvgIpc) is 2.75. The van der Waals surface area contributed by atoms with Gasteiger partial charge in [0.2, 0.25) is 0 Å². The predicted octanol–water partition coefficient (Wildman–Crippen LogP) is 3.14. The van der Waals surface area contributed by atoms with E-state index in [9.17, 15) is 4.79 Å². The largest absolute Gasteiger partial charge is 0.492 e. The third kappa shape index (κ3) is 1.52. The Hall–Kier alpha value is -1.81. The van der Waals surface area contributed by atoms with Gasteiger partial charge in [-0.25, -0.2) is 0 Å². The molecule has 4 heteroatoms. The van der Waals surface area contributed by atoms with Gasteiger partial charge in [-0.05, 0) is 13.0 Å². The monoisotopic (exact) mass is 245 g/mol. The third-order valence-electron chi connectivity index (χ3n) is 2.71. The number of fused-ring (bicyclic) bond motifs is 3. The van der Waals surface area contributed by atoms with E-state index < -0.39 is 0 Å². The number of hydrogen-bond donors (Lipinski definition) is 1. The van der Waals surface area contributed by atoms with Crippen LogP contribution >= 0.6 is 11.3 Å². The highest BCUT2D eigenvalue weighted by molar-refractivity contribution is 7.17. The van der Waals surface area contributed by atoms with Crippen LogP contribution in [0, 0.1) is 0 Å². The molecule has 0 radical (unpaired) electrons. The quantitative estimate of drug-likeness (QED) is 0.753. The van der Waals surface area contributed by atoms with Crippen LogP contribution < -0.4 is 10.3 Å². The summed E-state index contributed by atoms with van der Waals surface area (Å²) in [6, 6.07) is 7.79. The van der Waals surface area contributed by atoms with E-state index >= 15 is 0 Å². The fourth-order valence-electron chi connectivity index (χ4n) is 2.02. The van der Waals surface area contributed by atoms with Crippen LogP contribution in [0.5, 0.6) is 5.75 Å². The van der Waals surface area contributed by atoms with Crippen molar-refractivity contribution >= 4 is 32.3 Å². The summed E-state index contributed by atoms with van der Waals surface area (Å²) in [5, 5.41) is 3.86. The summed E-state index contributed by atoms with van der Waals surface area (Å²) in [6.07, 6.45) is 0. The SMILES string of the molecule is CCOc1csc2c(=O)[nH]c3ccccc3c12. The van der Waals surface area contributed by atoms with E-state index in [1.807, 2.05) is 36.6 Å². The van der Waals surface area contributed by atoms with Crippen molar-refractivity contribution in [3.8, 4) is 5.75 Å². The van der Waals surface area contributed by atoms with Crippen LogP contribution in [0.15, 0.2) is 34.4 Å². The molecule has 0 fully saturated rings. The first-order chi connectivity index (χ1) is 8.31. The number of thiophene rings is 1. The molecule has 0 amide bonds. The van der Waals surface area contributed by atoms with Crippen LogP contribution in [0.1, 0.15) is 6.92 Å². The molecule has 0 spiro atoms. The summed E-state index contributed by atoms with van der Waals surface area (Å²) in [6.45, 7) is 2.55. The third-order valence-corrected chi connectivity index (χ3v) is 3.67. The minimum absolute atomic E-state index is 0.0466. The predicted molar refractivity (Wildman–Crippen MR) is 71.1 cm³/mol. The molecular weight excluding hydrogens is 234 g/mol. The molecule has 86 valence electrons. The summed E-state index contributed by atoms with van der Waals surface area (Å²) in [4.78, 5) is 14.8. The normalized spacial score (nSPS) is 11.1. The molecule has 1 aromatic carbocycles. The van der Waals surface area contributed by atoms with Crippen molar-refractivity contribution < 1.29 is 4.74 Å². The fourth-order valence-corrected chi connectivity index (χ4v) is 2.91. The summed E-state index contributed by atoms with van der Waals surface area (Å²) >= 11 is 1.43. The number of hydrogen-bond acceptors (Lipinski definition) is 3. The first kappa shape index (κ1) is 10.4. The van der Waals surface area contributed by atoms with Gasteiger partial charge in [0.25, 0.3) is 5.56 Å². The zero-order valence-electron chi connectivity index (χ0n) is 9.32. The van der Waals surface area contributed by atoms with Gasteiger partial charge in [0.05, 0.1) is 6.61 Å². The summed E-state index contributed by atoms with van der Waals surface area (Å²) in [5.41, 5.74) is 0.805. The highest BCUT2D eigenvalue weighted by atomic mass is 32.1. The van der Waals surface area contributed by atoms with Gasteiger partial charge in [0, 0.05) is 21.7 Å². The second-order valence-electron chi connectivity index (χ2n) is 3.74. The lowest BCUT2D eigenvalue weighted by atomic mass is 10.1. The Morgan fingerprint density at radius 3 is 3.00 bits per heavy atom. The standard InChI is InChI=1S/C13H11NO2S/c1-2-16-10-7-17-12-11(10)8-5-3-4-6-9(8)14-13(12)15/h3-7H,2H2,1H3,(H,14,15). The summed E-state index contributed by atoms with van der Waals surface area (Å²) < 4.78 is 6.31. The Balaban J connectivity index is 2.51. The van der Waals surface area contributed by atoms with Gasteiger partial charge in [0.15, 0.2) is 0 Å². The van der Waals surface area contributed by atoms with Gasteiger partial charge in [-0.3, -0.25) is 4.79 Å². The van der Waals surface area contributed by atoms with Crippen LogP contribution in [-0.2, 0) is 0 Å². The van der Waals surface area contributed by atoms with Crippen molar-refractivity contribution in [3.63, 3.8) is 0 Å². The number of pyridine rings is 1. The maximum Gasteiger partial charge on any atom is 0.266 e. The number of aromatic amines is 1. The lowest BCUT2D eigenvalue weighted by molar-refractivity contribution is 0.346. The minimum atomic E-state index is -0.0466. The molecule has 3 rings (SSSR count). The van der Waals surface area contributed by atoms with E-state index in [4.69, 9.17) is 4.74 Å². The molecule has 0 aliphatic carbocycles. The highest BCUT2D eigenvalue weighted by Gasteiger charge is 2.12. The number of nitrogens with one attached hydrogen (secondary N) is 1. The van der Waals surface area contributed by atoms with E-state index in [0.29, 0.717) is 6.61 Å². The van der Waals surface area contributed by atoms with Crippen molar-refractivity contribution in [2.45, 2.75) is 6.92 Å². The van der Waals surface area contributed by atoms with Crippen molar-refractivity contribution in [2.24, 2.45) is 0 Å². The van der Waals surface area contributed by atoms with Crippen LogP contribution in [0.25, 0.3) is 21.0 Å². The fraction of sp³-hybridized carbons (Fsp3) is 0.154. The van der Waals surface area contributed by atoms with Crippen LogP contribution in [-0.4, -0.2) is 11.6 Å². The Kier molecular flexibility index (Phi) is 2.37. The zero-order valence-corrected chi connectivity index (χ0v) is 10.1. The maximum atomic E-state index is 11.9. The van der Waals surface area contributed by atoms with E-state index in [1.54, 1.807) is 0 Å². The number of ether oxygens (including phenoxy) is 1. The molecular formula is C13H11NO2S. The van der Waals surface area contributed by atoms with Gasteiger partial charge < -0.3 is 9.72 Å².